The van der Waals surface area contributed by atoms with Gasteiger partial charge in [-0.2, -0.15) is 16.1 Å². The summed E-state index contributed by atoms with van der Waals surface area (Å²) in [6.07, 6.45) is 0.929. The van der Waals surface area contributed by atoms with E-state index in [-0.39, 0.29) is 0 Å². The van der Waals surface area contributed by atoms with E-state index in [2.05, 4.69) is 19.2 Å². The van der Waals surface area contributed by atoms with Gasteiger partial charge < -0.3 is 5.32 Å². The van der Waals surface area contributed by atoms with Gasteiger partial charge in [-0.05, 0) is 29.9 Å². The first-order chi connectivity index (χ1) is 10.00. The molecule has 0 saturated carbocycles. The average molecular weight is 329 g/mol. The highest BCUT2D eigenvalue weighted by Crippen LogP contribution is 2.20. The van der Waals surface area contributed by atoms with E-state index in [9.17, 15) is 8.42 Å². The highest BCUT2D eigenvalue weighted by atomic mass is 32.2. The Kier molecular flexibility index (Phi) is 6.10. The van der Waals surface area contributed by atoms with E-state index < -0.39 is 10.0 Å². The number of benzene rings is 1. The molecule has 1 N–H and O–H groups in total. The van der Waals surface area contributed by atoms with E-state index in [1.807, 2.05) is 23.9 Å². The lowest BCUT2D eigenvalue weighted by Gasteiger charge is -2.20. The van der Waals surface area contributed by atoms with E-state index in [0.29, 0.717) is 30.6 Å². The smallest absolute Gasteiger partial charge is 0.243 e. The van der Waals surface area contributed by atoms with Crippen LogP contribution in [0, 0.1) is 0 Å². The summed E-state index contributed by atoms with van der Waals surface area (Å²) in [5.74, 6) is 1.93. The van der Waals surface area contributed by atoms with Crippen molar-refractivity contribution in [1.29, 1.82) is 0 Å². The second-order valence-corrected chi connectivity index (χ2v) is 8.72. The predicted octanol–water partition coefficient (Wildman–Crippen LogP) is 2.31. The highest BCUT2D eigenvalue weighted by Gasteiger charge is 2.25. The maximum Gasteiger partial charge on any atom is 0.243 e. The zero-order valence-corrected chi connectivity index (χ0v) is 14.3. The Balaban J connectivity index is 2.17. The summed E-state index contributed by atoms with van der Waals surface area (Å²) in [6.45, 7) is 6.09. The van der Waals surface area contributed by atoms with E-state index >= 15 is 0 Å². The molecule has 0 spiro atoms. The molecule has 1 aliphatic rings. The quantitative estimate of drug-likeness (QED) is 0.901. The lowest BCUT2D eigenvalue weighted by atomic mass is 10.2. The van der Waals surface area contributed by atoms with Gasteiger partial charge in [0.1, 0.15) is 0 Å². The number of nitrogens with one attached hydrogen (secondary N) is 1. The summed E-state index contributed by atoms with van der Waals surface area (Å²) in [6, 6.07) is 7.67. The molecule has 1 saturated heterocycles. The summed E-state index contributed by atoms with van der Waals surface area (Å²) in [5, 5.41) is 3.32. The third-order valence-corrected chi connectivity index (χ3v) is 6.38. The van der Waals surface area contributed by atoms with Crippen LogP contribution < -0.4 is 5.32 Å². The lowest BCUT2D eigenvalue weighted by molar-refractivity contribution is 0.435. The number of nitrogens with zero attached hydrogens (tertiary/aromatic N) is 1. The fourth-order valence-corrected chi connectivity index (χ4v) is 4.80. The molecule has 118 valence electrons. The Labute approximate surface area is 132 Å². The monoisotopic (exact) mass is 328 g/mol. The first-order valence-corrected chi connectivity index (χ1v) is 10.00. The zero-order valence-electron chi connectivity index (χ0n) is 12.7. The Morgan fingerprint density at radius 2 is 2.10 bits per heavy atom. The van der Waals surface area contributed by atoms with Crippen LogP contribution >= 0.6 is 11.8 Å². The molecule has 1 heterocycles. The predicted molar refractivity (Wildman–Crippen MR) is 89.1 cm³/mol. The maximum atomic E-state index is 12.7. The fraction of sp³-hybridized carbons (Fsp3) is 0.600. The topological polar surface area (TPSA) is 49.4 Å². The van der Waals surface area contributed by atoms with Crippen molar-refractivity contribution in [1.82, 2.24) is 9.62 Å². The van der Waals surface area contributed by atoms with Gasteiger partial charge in [0.15, 0.2) is 0 Å². The maximum absolute atomic E-state index is 12.7. The minimum Gasteiger partial charge on any atom is -0.310 e. The Morgan fingerprint density at radius 1 is 1.29 bits per heavy atom. The van der Waals surface area contributed by atoms with Gasteiger partial charge in [-0.3, -0.25) is 0 Å². The summed E-state index contributed by atoms with van der Waals surface area (Å²) < 4.78 is 27.1. The van der Waals surface area contributed by atoms with Crippen molar-refractivity contribution in [3.8, 4) is 0 Å². The minimum atomic E-state index is -3.35. The van der Waals surface area contributed by atoms with E-state index in [1.54, 1.807) is 16.4 Å². The largest absolute Gasteiger partial charge is 0.310 e. The van der Waals surface area contributed by atoms with Crippen molar-refractivity contribution in [3.63, 3.8) is 0 Å². The van der Waals surface area contributed by atoms with Gasteiger partial charge >= 0.3 is 0 Å². The van der Waals surface area contributed by atoms with Crippen LogP contribution in [-0.2, 0) is 16.6 Å². The number of rotatable bonds is 5. The average Bonchev–Trinajstić information content (AvgIpc) is 2.75. The van der Waals surface area contributed by atoms with Crippen LogP contribution in [-0.4, -0.2) is 43.4 Å². The third-order valence-electron chi connectivity index (χ3n) is 3.43. The van der Waals surface area contributed by atoms with Crippen LogP contribution in [0.15, 0.2) is 29.2 Å². The number of hydrogen-bond acceptors (Lipinski definition) is 4. The van der Waals surface area contributed by atoms with Crippen molar-refractivity contribution in [2.75, 3.05) is 24.6 Å². The van der Waals surface area contributed by atoms with Crippen LogP contribution in [0.1, 0.15) is 25.8 Å². The van der Waals surface area contributed by atoms with Crippen LogP contribution in [0.4, 0.5) is 0 Å². The van der Waals surface area contributed by atoms with Gasteiger partial charge in [-0.15, -0.1) is 0 Å². The number of thioether (sulfide) groups is 1. The molecule has 4 nitrogen and oxygen atoms in total. The number of sulfonamides is 1. The molecular formula is C15H24N2O2S2. The molecule has 0 radical (unpaired) electrons. The minimum absolute atomic E-state index is 0.382. The molecule has 0 atom stereocenters. The molecule has 1 fully saturated rings. The van der Waals surface area contributed by atoms with Gasteiger partial charge in [-0.1, -0.05) is 26.0 Å². The molecule has 0 amide bonds. The molecule has 6 heteroatoms. The zero-order chi connectivity index (χ0) is 15.3. The molecule has 0 aliphatic carbocycles. The molecule has 2 rings (SSSR count). The van der Waals surface area contributed by atoms with Gasteiger partial charge in [-0.25, -0.2) is 8.42 Å². The second kappa shape index (κ2) is 7.63. The first kappa shape index (κ1) is 16.8. The van der Waals surface area contributed by atoms with E-state index in [0.717, 1.165) is 23.5 Å². The summed E-state index contributed by atoms with van der Waals surface area (Å²) in [5.41, 5.74) is 1.01. The highest BCUT2D eigenvalue weighted by molar-refractivity contribution is 7.99. The van der Waals surface area contributed by atoms with Gasteiger partial charge in [0.2, 0.25) is 10.0 Å². The molecule has 1 aromatic rings. The van der Waals surface area contributed by atoms with Crippen molar-refractivity contribution >= 4 is 21.8 Å². The van der Waals surface area contributed by atoms with Crippen LogP contribution in [0.2, 0.25) is 0 Å². The molecule has 0 bridgehead atoms. The SMILES string of the molecule is CC(C)NCc1cccc(S(=O)(=O)N2CCCSCC2)c1. The lowest BCUT2D eigenvalue weighted by Crippen LogP contribution is -2.33. The van der Waals surface area contributed by atoms with Gasteiger partial charge in [0.25, 0.3) is 0 Å². The van der Waals surface area contributed by atoms with Crippen molar-refractivity contribution < 1.29 is 8.42 Å². The van der Waals surface area contributed by atoms with E-state index in [4.69, 9.17) is 0 Å². The van der Waals surface area contributed by atoms with Gasteiger partial charge in [0.05, 0.1) is 4.90 Å². The van der Waals surface area contributed by atoms with Crippen molar-refractivity contribution in [3.05, 3.63) is 29.8 Å². The summed E-state index contributed by atoms with van der Waals surface area (Å²) in [4.78, 5) is 0.414. The van der Waals surface area contributed by atoms with Crippen LogP contribution in [0.5, 0.6) is 0 Å². The second-order valence-electron chi connectivity index (χ2n) is 5.55. The van der Waals surface area contributed by atoms with Gasteiger partial charge in [0, 0.05) is 31.4 Å². The number of hydrogen-bond donors (Lipinski definition) is 1. The summed E-state index contributed by atoms with van der Waals surface area (Å²) >= 11 is 1.83. The van der Waals surface area contributed by atoms with E-state index in [1.165, 1.54) is 0 Å². The Bertz CT molecular complexity index is 551. The normalized spacial score (nSPS) is 17.9. The van der Waals surface area contributed by atoms with Crippen LogP contribution in [0.25, 0.3) is 0 Å². The fourth-order valence-electron chi connectivity index (χ4n) is 2.25. The molecule has 0 aromatic heterocycles. The van der Waals surface area contributed by atoms with Crippen molar-refractivity contribution in [2.45, 2.75) is 37.8 Å². The molecule has 0 unspecified atom stereocenters. The molecule has 21 heavy (non-hydrogen) atoms. The first-order valence-electron chi connectivity index (χ1n) is 7.40. The molecule has 1 aliphatic heterocycles. The molecule has 1 aromatic carbocycles. The Hall–Kier alpha value is -0.560. The summed E-state index contributed by atoms with van der Waals surface area (Å²) in [7, 11) is -3.35. The van der Waals surface area contributed by atoms with Crippen molar-refractivity contribution in [2.24, 2.45) is 0 Å². The standard InChI is InChI=1S/C15H24N2O2S2/c1-13(2)16-12-14-5-3-6-15(11-14)21(18,19)17-7-4-9-20-10-8-17/h3,5-6,11,13,16H,4,7-10,12H2,1-2H3. The third kappa shape index (κ3) is 4.71. The Morgan fingerprint density at radius 3 is 2.86 bits per heavy atom. The molecular weight excluding hydrogens is 304 g/mol. The van der Waals surface area contributed by atoms with Crippen LogP contribution in [0.3, 0.4) is 0 Å².